The van der Waals surface area contributed by atoms with Crippen molar-refractivity contribution in [2.45, 2.75) is 26.6 Å². The van der Waals surface area contributed by atoms with E-state index < -0.39 is 13.0 Å². The Morgan fingerprint density at radius 2 is 2.00 bits per heavy atom. The van der Waals surface area contributed by atoms with Gasteiger partial charge < -0.3 is 9.47 Å². The summed E-state index contributed by atoms with van der Waals surface area (Å²) in [6.45, 7) is 9.28. The first-order chi connectivity index (χ1) is 9.79. The van der Waals surface area contributed by atoms with E-state index in [2.05, 4.69) is 31.1 Å². The van der Waals surface area contributed by atoms with Crippen LogP contribution in [0.3, 0.4) is 0 Å². The summed E-state index contributed by atoms with van der Waals surface area (Å²) in [6, 6.07) is 4.89. The quantitative estimate of drug-likeness (QED) is 0.266. The van der Waals surface area contributed by atoms with Gasteiger partial charge in [-0.05, 0) is 18.6 Å². The number of nitro groups is 1. The Bertz CT molecular complexity index is 555. The van der Waals surface area contributed by atoms with Gasteiger partial charge in [0.05, 0.1) is 11.5 Å². The summed E-state index contributed by atoms with van der Waals surface area (Å²) >= 11 is 0. The summed E-state index contributed by atoms with van der Waals surface area (Å²) in [5, 5.41) is 10.9. The number of nitro benzene ring substituents is 1. The molecular formula is C15H21NO4Si. The Labute approximate surface area is 126 Å². The van der Waals surface area contributed by atoms with Crippen LogP contribution in [-0.4, -0.2) is 32.8 Å². The monoisotopic (exact) mass is 307 g/mol. The van der Waals surface area contributed by atoms with Gasteiger partial charge in [-0.3, -0.25) is 10.1 Å². The van der Waals surface area contributed by atoms with E-state index >= 15 is 0 Å². The Balaban J connectivity index is 2.40. The van der Waals surface area contributed by atoms with Gasteiger partial charge in [0.25, 0.3) is 0 Å². The second-order valence-corrected chi connectivity index (χ2v) is 10.4. The lowest BCUT2D eigenvalue weighted by atomic mass is 10.2. The molecule has 1 rings (SSSR count). The molecule has 0 saturated carbocycles. The van der Waals surface area contributed by atoms with Crippen molar-refractivity contribution in [1.29, 1.82) is 0 Å². The first kappa shape index (κ1) is 17.2. The Hall–Kier alpha value is -1.84. The maximum atomic E-state index is 10.9. The number of rotatable bonds is 6. The smallest absolute Gasteiger partial charge is 0.311 e. The molecule has 0 spiro atoms. The van der Waals surface area contributed by atoms with Gasteiger partial charge in [-0.15, -0.1) is 5.54 Å². The number of benzene rings is 1. The molecule has 0 bridgehead atoms. The van der Waals surface area contributed by atoms with Gasteiger partial charge in [0.15, 0.2) is 5.75 Å². The Morgan fingerprint density at radius 3 is 2.62 bits per heavy atom. The van der Waals surface area contributed by atoms with Gasteiger partial charge in [0.2, 0.25) is 0 Å². The van der Waals surface area contributed by atoms with Crippen LogP contribution in [0, 0.1) is 28.5 Å². The zero-order valence-electron chi connectivity index (χ0n) is 12.9. The summed E-state index contributed by atoms with van der Waals surface area (Å²) < 4.78 is 10.7. The van der Waals surface area contributed by atoms with Crippen molar-refractivity contribution in [3.63, 3.8) is 0 Å². The minimum atomic E-state index is -1.35. The van der Waals surface area contributed by atoms with Crippen molar-refractivity contribution in [1.82, 2.24) is 0 Å². The molecule has 0 heterocycles. The molecule has 0 aliphatic rings. The third-order valence-corrected chi connectivity index (χ3v) is 3.36. The average molecular weight is 307 g/mol. The lowest BCUT2D eigenvalue weighted by Gasteiger charge is -2.07. The number of hydrogen-bond acceptors (Lipinski definition) is 4. The zero-order chi connectivity index (χ0) is 15.9. The number of hydrogen-bond donors (Lipinski definition) is 0. The Morgan fingerprint density at radius 1 is 1.29 bits per heavy atom. The van der Waals surface area contributed by atoms with E-state index in [0.717, 1.165) is 5.56 Å². The second-order valence-electron chi connectivity index (χ2n) is 5.68. The minimum Gasteiger partial charge on any atom is -0.484 e. The minimum absolute atomic E-state index is 0.0199. The fourth-order valence-corrected chi connectivity index (χ4v) is 2.13. The van der Waals surface area contributed by atoms with Crippen LogP contribution in [0.5, 0.6) is 5.75 Å². The van der Waals surface area contributed by atoms with Crippen molar-refractivity contribution in [3.8, 4) is 17.2 Å². The van der Waals surface area contributed by atoms with Crippen LogP contribution in [0.2, 0.25) is 19.6 Å². The third-order valence-electron chi connectivity index (χ3n) is 2.43. The van der Waals surface area contributed by atoms with Gasteiger partial charge in [-0.1, -0.05) is 31.6 Å². The normalized spacial score (nSPS) is 10.7. The first-order valence-electron chi connectivity index (χ1n) is 6.75. The summed E-state index contributed by atoms with van der Waals surface area (Å²) in [5.41, 5.74) is 4.00. The van der Waals surface area contributed by atoms with E-state index in [0.29, 0.717) is 13.2 Å². The van der Waals surface area contributed by atoms with Crippen LogP contribution in [0.15, 0.2) is 18.2 Å². The maximum absolute atomic E-state index is 10.9. The lowest BCUT2D eigenvalue weighted by molar-refractivity contribution is -0.385. The third kappa shape index (κ3) is 6.93. The maximum Gasteiger partial charge on any atom is 0.311 e. The highest BCUT2D eigenvalue weighted by Crippen LogP contribution is 2.27. The average Bonchev–Trinajstić information content (AvgIpc) is 2.37. The van der Waals surface area contributed by atoms with E-state index in [4.69, 9.17) is 9.47 Å². The second kappa shape index (κ2) is 7.81. The first-order valence-corrected chi connectivity index (χ1v) is 10.3. The van der Waals surface area contributed by atoms with Crippen molar-refractivity contribution in [2.75, 3.05) is 19.8 Å². The molecule has 6 heteroatoms. The van der Waals surface area contributed by atoms with Crippen LogP contribution in [-0.2, 0) is 4.74 Å². The molecule has 0 radical (unpaired) electrons. The molecule has 0 aromatic heterocycles. The van der Waals surface area contributed by atoms with Crippen molar-refractivity contribution in [3.05, 3.63) is 33.9 Å². The number of nitrogens with zero attached hydrogens (tertiary/aromatic N) is 1. The van der Waals surface area contributed by atoms with Gasteiger partial charge >= 0.3 is 5.69 Å². The fraction of sp³-hybridized carbons (Fsp3) is 0.467. The van der Waals surface area contributed by atoms with Crippen LogP contribution in [0.4, 0.5) is 5.69 Å². The molecule has 21 heavy (non-hydrogen) atoms. The van der Waals surface area contributed by atoms with E-state index in [1.807, 2.05) is 0 Å². The predicted octanol–water partition coefficient (Wildman–Crippen LogP) is 3.18. The molecule has 114 valence electrons. The van der Waals surface area contributed by atoms with Gasteiger partial charge in [0.1, 0.15) is 21.3 Å². The van der Waals surface area contributed by atoms with Gasteiger partial charge in [-0.25, -0.2) is 0 Å². The van der Waals surface area contributed by atoms with Crippen LogP contribution < -0.4 is 4.74 Å². The van der Waals surface area contributed by atoms with Gasteiger partial charge in [0, 0.05) is 6.07 Å². The molecule has 0 fully saturated rings. The van der Waals surface area contributed by atoms with Crippen LogP contribution in [0.1, 0.15) is 5.56 Å². The Kier molecular flexibility index (Phi) is 6.40. The van der Waals surface area contributed by atoms with E-state index in [-0.39, 0.29) is 18.0 Å². The summed E-state index contributed by atoms with van der Waals surface area (Å²) in [5.74, 6) is 3.25. The molecule has 0 atom stereocenters. The molecule has 0 N–H and O–H groups in total. The SMILES string of the molecule is Cc1ccc(OCCOCC#C[Si](C)(C)C)c([N+](=O)[O-])c1. The molecule has 0 aliphatic heterocycles. The standard InChI is InChI=1S/C15H21NO4Si/c1-13-6-7-15(14(12-13)16(17)18)20-10-9-19-8-5-11-21(2,3)4/h6-7,12H,8-10H2,1-4H3. The number of ether oxygens (including phenoxy) is 2. The van der Waals surface area contributed by atoms with E-state index in [1.165, 1.54) is 6.07 Å². The van der Waals surface area contributed by atoms with Crippen molar-refractivity contribution < 1.29 is 14.4 Å². The van der Waals surface area contributed by atoms with Gasteiger partial charge in [-0.2, -0.15) is 0 Å². The van der Waals surface area contributed by atoms with Crippen LogP contribution in [0.25, 0.3) is 0 Å². The van der Waals surface area contributed by atoms with Crippen LogP contribution >= 0.6 is 0 Å². The fourth-order valence-electron chi connectivity index (χ4n) is 1.53. The summed E-state index contributed by atoms with van der Waals surface area (Å²) in [7, 11) is -1.35. The topological polar surface area (TPSA) is 61.6 Å². The zero-order valence-corrected chi connectivity index (χ0v) is 13.9. The predicted molar refractivity (Wildman–Crippen MR) is 85.3 cm³/mol. The van der Waals surface area contributed by atoms with E-state index in [1.54, 1.807) is 19.1 Å². The van der Waals surface area contributed by atoms with Crippen molar-refractivity contribution in [2.24, 2.45) is 0 Å². The molecule has 0 amide bonds. The lowest BCUT2D eigenvalue weighted by Crippen LogP contribution is -2.16. The molecule has 0 unspecified atom stereocenters. The molecular weight excluding hydrogens is 286 g/mol. The molecule has 1 aromatic carbocycles. The highest BCUT2D eigenvalue weighted by Gasteiger charge is 2.14. The highest BCUT2D eigenvalue weighted by atomic mass is 28.3. The summed E-state index contributed by atoms with van der Waals surface area (Å²) in [6.07, 6.45) is 0. The highest BCUT2D eigenvalue weighted by molar-refractivity contribution is 6.83. The molecule has 5 nitrogen and oxygen atoms in total. The largest absolute Gasteiger partial charge is 0.484 e. The summed E-state index contributed by atoms with van der Waals surface area (Å²) in [4.78, 5) is 10.5. The van der Waals surface area contributed by atoms with E-state index in [9.17, 15) is 10.1 Å². The molecule has 0 aliphatic carbocycles. The van der Waals surface area contributed by atoms with Crippen molar-refractivity contribution >= 4 is 13.8 Å². The molecule has 1 aromatic rings. The molecule has 0 saturated heterocycles. The number of aryl methyl sites for hydroxylation is 1.